The molecule has 12 heavy (non-hydrogen) atoms. The third-order valence-electron chi connectivity index (χ3n) is 3.58. The second-order valence-corrected chi connectivity index (χ2v) is 4.46. The molecule has 2 rings (SSSR count). The van der Waals surface area contributed by atoms with E-state index in [9.17, 15) is 4.79 Å². The Morgan fingerprint density at radius 1 is 1.25 bits per heavy atom. The molecule has 1 amide bonds. The lowest BCUT2D eigenvalue weighted by molar-refractivity contribution is -0.118. The molecule has 2 N–H and O–H groups in total. The van der Waals surface area contributed by atoms with Gasteiger partial charge in [0.2, 0.25) is 5.91 Å². The van der Waals surface area contributed by atoms with E-state index in [0.717, 1.165) is 11.8 Å². The molecule has 2 saturated carbocycles. The lowest BCUT2D eigenvalue weighted by Gasteiger charge is -2.06. The van der Waals surface area contributed by atoms with Crippen molar-refractivity contribution in [2.45, 2.75) is 38.5 Å². The Morgan fingerprint density at radius 3 is 2.33 bits per heavy atom. The molecule has 0 aromatic carbocycles. The van der Waals surface area contributed by atoms with E-state index >= 15 is 0 Å². The van der Waals surface area contributed by atoms with Crippen LogP contribution in [0.5, 0.6) is 0 Å². The number of hydrogen-bond acceptors (Lipinski definition) is 1. The zero-order chi connectivity index (χ0) is 8.55. The molecule has 2 fully saturated rings. The smallest absolute Gasteiger partial charge is 0.217 e. The highest BCUT2D eigenvalue weighted by Crippen LogP contribution is 2.47. The SMILES string of the molecule is NC(=O)CC1CC2CCC[C@H]2C1. The van der Waals surface area contributed by atoms with Crippen molar-refractivity contribution in [1.29, 1.82) is 0 Å². The predicted octanol–water partition coefficient (Wildman–Crippen LogP) is 1.69. The van der Waals surface area contributed by atoms with Crippen LogP contribution in [0.3, 0.4) is 0 Å². The van der Waals surface area contributed by atoms with E-state index in [0.29, 0.717) is 12.3 Å². The van der Waals surface area contributed by atoms with Crippen molar-refractivity contribution in [2.24, 2.45) is 23.5 Å². The van der Waals surface area contributed by atoms with Gasteiger partial charge in [0.05, 0.1) is 0 Å². The Hall–Kier alpha value is -0.530. The molecule has 2 aliphatic rings. The zero-order valence-corrected chi connectivity index (χ0v) is 7.46. The van der Waals surface area contributed by atoms with E-state index in [1.54, 1.807) is 0 Å². The van der Waals surface area contributed by atoms with Crippen molar-refractivity contribution >= 4 is 5.91 Å². The Kier molecular flexibility index (Phi) is 2.07. The van der Waals surface area contributed by atoms with Crippen LogP contribution in [-0.4, -0.2) is 5.91 Å². The van der Waals surface area contributed by atoms with Crippen LogP contribution in [0.15, 0.2) is 0 Å². The van der Waals surface area contributed by atoms with Crippen LogP contribution in [0.25, 0.3) is 0 Å². The monoisotopic (exact) mass is 167 g/mol. The average Bonchev–Trinajstić information content (AvgIpc) is 2.43. The summed E-state index contributed by atoms with van der Waals surface area (Å²) in [4.78, 5) is 10.7. The first-order valence-electron chi connectivity index (χ1n) is 5.04. The van der Waals surface area contributed by atoms with Crippen LogP contribution < -0.4 is 5.73 Å². The van der Waals surface area contributed by atoms with Crippen molar-refractivity contribution in [3.8, 4) is 0 Å². The minimum Gasteiger partial charge on any atom is -0.370 e. The molecule has 0 aromatic rings. The van der Waals surface area contributed by atoms with Crippen molar-refractivity contribution in [3.05, 3.63) is 0 Å². The summed E-state index contributed by atoms with van der Waals surface area (Å²) >= 11 is 0. The lowest BCUT2D eigenvalue weighted by atomic mass is 10.00. The number of hydrogen-bond donors (Lipinski definition) is 1. The first-order chi connectivity index (χ1) is 5.75. The average molecular weight is 167 g/mol. The summed E-state index contributed by atoms with van der Waals surface area (Å²) in [7, 11) is 0. The lowest BCUT2D eigenvalue weighted by Crippen LogP contribution is -2.15. The van der Waals surface area contributed by atoms with E-state index in [2.05, 4.69) is 0 Å². The van der Waals surface area contributed by atoms with Gasteiger partial charge >= 0.3 is 0 Å². The van der Waals surface area contributed by atoms with Crippen LogP contribution in [0.1, 0.15) is 38.5 Å². The maximum absolute atomic E-state index is 10.7. The molecule has 2 aliphatic carbocycles. The number of carbonyl (C=O) groups excluding carboxylic acids is 1. The molecule has 0 spiro atoms. The van der Waals surface area contributed by atoms with Crippen LogP contribution in [-0.2, 0) is 4.79 Å². The Morgan fingerprint density at radius 2 is 1.83 bits per heavy atom. The van der Waals surface area contributed by atoms with Crippen LogP contribution in [0.4, 0.5) is 0 Å². The largest absolute Gasteiger partial charge is 0.370 e. The highest BCUT2D eigenvalue weighted by atomic mass is 16.1. The van der Waals surface area contributed by atoms with Crippen molar-refractivity contribution < 1.29 is 4.79 Å². The van der Waals surface area contributed by atoms with Gasteiger partial charge in [-0.2, -0.15) is 0 Å². The van der Waals surface area contributed by atoms with Gasteiger partial charge in [0.25, 0.3) is 0 Å². The summed E-state index contributed by atoms with van der Waals surface area (Å²) in [5.41, 5.74) is 5.18. The summed E-state index contributed by atoms with van der Waals surface area (Å²) in [5, 5.41) is 0. The topological polar surface area (TPSA) is 43.1 Å². The molecule has 0 bridgehead atoms. The molecule has 0 saturated heterocycles. The summed E-state index contributed by atoms with van der Waals surface area (Å²) in [6, 6.07) is 0. The van der Waals surface area contributed by atoms with Gasteiger partial charge in [-0.05, 0) is 30.6 Å². The standard InChI is InChI=1S/C10H17NO/c11-10(12)6-7-4-8-2-1-3-9(8)5-7/h7-9H,1-6H2,(H2,11,12)/t7?,8-,9?/m0/s1. The van der Waals surface area contributed by atoms with E-state index in [1.807, 2.05) is 0 Å². The second kappa shape index (κ2) is 3.08. The van der Waals surface area contributed by atoms with Crippen LogP contribution >= 0.6 is 0 Å². The van der Waals surface area contributed by atoms with Crippen molar-refractivity contribution in [3.63, 3.8) is 0 Å². The number of nitrogens with two attached hydrogens (primary N) is 1. The number of carbonyl (C=O) groups is 1. The van der Waals surface area contributed by atoms with Crippen LogP contribution in [0, 0.1) is 17.8 Å². The van der Waals surface area contributed by atoms with Crippen molar-refractivity contribution in [2.75, 3.05) is 0 Å². The number of rotatable bonds is 2. The molecule has 0 aliphatic heterocycles. The first-order valence-corrected chi connectivity index (χ1v) is 5.04. The fourth-order valence-corrected chi connectivity index (χ4v) is 3.14. The highest BCUT2D eigenvalue weighted by molar-refractivity contribution is 5.74. The molecule has 2 heteroatoms. The quantitative estimate of drug-likeness (QED) is 0.668. The van der Waals surface area contributed by atoms with E-state index in [1.165, 1.54) is 32.1 Å². The van der Waals surface area contributed by atoms with Gasteiger partial charge in [0, 0.05) is 6.42 Å². The van der Waals surface area contributed by atoms with Gasteiger partial charge in [-0.25, -0.2) is 0 Å². The highest BCUT2D eigenvalue weighted by Gasteiger charge is 2.37. The van der Waals surface area contributed by atoms with E-state index < -0.39 is 0 Å². The third-order valence-corrected chi connectivity index (χ3v) is 3.58. The maximum Gasteiger partial charge on any atom is 0.217 e. The fraction of sp³-hybridized carbons (Fsp3) is 0.900. The van der Waals surface area contributed by atoms with Gasteiger partial charge in [-0.1, -0.05) is 19.3 Å². The minimum absolute atomic E-state index is 0.111. The molecule has 2 unspecified atom stereocenters. The minimum atomic E-state index is -0.111. The first kappa shape index (κ1) is 8.09. The summed E-state index contributed by atoms with van der Waals surface area (Å²) < 4.78 is 0. The third kappa shape index (κ3) is 1.47. The molecule has 68 valence electrons. The van der Waals surface area contributed by atoms with Gasteiger partial charge in [-0.15, -0.1) is 0 Å². The molecule has 3 atom stereocenters. The Bertz CT molecular complexity index is 178. The van der Waals surface area contributed by atoms with E-state index in [4.69, 9.17) is 5.73 Å². The molecule has 2 nitrogen and oxygen atoms in total. The van der Waals surface area contributed by atoms with Gasteiger partial charge in [-0.3, -0.25) is 4.79 Å². The molecular weight excluding hydrogens is 150 g/mol. The van der Waals surface area contributed by atoms with Gasteiger partial charge in [0.15, 0.2) is 0 Å². The Labute approximate surface area is 73.5 Å². The van der Waals surface area contributed by atoms with Gasteiger partial charge < -0.3 is 5.73 Å². The summed E-state index contributed by atoms with van der Waals surface area (Å²) in [6.45, 7) is 0. The Balaban J connectivity index is 1.86. The summed E-state index contributed by atoms with van der Waals surface area (Å²) in [5.74, 6) is 2.39. The summed E-state index contributed by atoms with van der Waals surface area (Å²) in [6.07, 6.45) is 7.40. The van der Waals surface area contributed by atoms with Crippen molar-refractivity contribution in [1.82, 2.24) is 0 Å². The normalized spacial score (nSPS) is 39.8. The molecule has 0 heterocycles. The molecule has 0 aromatic heterocycles. The number of amides is 1. The number of fused-ring (bicyclic) bond motifs is 1. The van der Waals surface area contributed by atoms with E-state index in [-0.39, 0.29) is 5.91 Å². The maximum atomic E-state index is 10.7. The zero-order valence-electron chi connectivity index (χ0n) is 7.46. The number of primary amides is 1. The van der Waals surface area contributed by atoms with Gasteiger partial charge in [0.1, 0.15) is 0 Å². The fourth-order valence-electron chi connectivity index (χ4n) is 3.14. The second-order valence-electron chi connectivity index (χ2n) is 4.46. The molecular formula is C10H17NO. The molecule has 0 radical (unpaired) electrons. The predicted molar refractivity (Wildman–Crippen MR) is 47.4 cm³/mol. The van der Waals surface area contributed by atoms with Crippen LogP contribution in [0.2, 0.25) is 0 Å².